The molecule has 0 amide bonds. The molecule has 1 fully saturated rings. The van der Waals surface area contributed by atoms with Gasteiger partial charge in [0.25, 0.3) is 0 Å². The lowest BCUT2D eigenvalue weighted by Gasteiger charge is -2.31. The van der Waals surface area contributed by atoms with E-state index < -0.39 is 15.8 Å². The quantitative estimate of drug-likeness (QED) is 0.477. The molecule has 3 rings (SSSR count). The van der Waals surface area contributed by atoms with Crippen molar-refractivity contribution >= 4 is 27.6 Å². The van der Waals surface area contributed by atoms with Crippen LogP contribution in [0.1, 0.15) is 43.7 Å². The van der Waals surface area contributed by atoms with Crippen LogP contribution in [-0.4, -0.2) is 31.8 Å². The smallest absolute Gasteiger partial charge is 0.308 e. The number of halogens is 2. The highest BCUT2D eigenvalue weighted by Gasteiger charge is 2.32. The van der Waals surface area contributed by atoms with E-state index in [1.54, 1.807) is 38.1 Å². The van der Waals surface area contributed by atoms with Gasteiger partial charge in [-0.2, -0.15) is 4.31 Å². The van der Waals surface area contributed by atoms with Crippen molar-refractivity contribution < 1.29 is 22.3 Å². The summed E-state index contributed by atoms with van der Waals surface area (Å²) in [7, 11) is -3.84. The van der Waals surface area contributed by atoms with Crippen molar-refractivity contribution in [3.8, 4) is 0 Å². The SMILES string of the molecule is CCOC(=O)C1CCC(CN(Cc2ccc(Cl)cc2)S(=O)(=O)c2ccc(F)c(C)c2)CC1. The average Bonchev–Trinajstić information content (AvgIpc) is 2.77. The molecule has 5 nitrogen and oxygen atoms in total. The van der Waals surface area contributed by atoms with Crippen molar-refractivity contribution in [1.29, 1.82) is 0 Å². The molecule has 8 heteroatoms. The normalized spacial score (nSPS) is 19.2. The van der Waals surface area contributed by atoms with Gasteiger partial charge in [-0.3, -0.25) is 4.79 Å². The third kappa shape index (κ3) is 6.09. The fourth-order valence-electron chi connectivity index (χ4n) is 4.10. The van der Waals surface area contributed by atoms with Crippen LogP contribution < -0.4 is 0 Å². The van der Waals surface area contributed by atoms with Gasteiger partial charge < -0.3 is 4.74 Å². The van der Waals surface area contributed by atoms with Crippen molar-refractivity contribution in [2.24, 2.45) is 11.8 Å². The Morgan fingerprint density at radius 3 is 2.38 bits per heavy atom. The molecule has 0 aromatic heterocycles. The molecule has 0 radical (unpaired) electrons. The monoisotopic (exact) mass is 481 g/mol. The Morgan fingerprint density at radius 1 is 1.12 bits per heavy atom. The highest BCUT2D eigenvalue weighted by Crippen LogP contribution is 2.32. The van der Waals surface area contributed by atoms with Gasteiger partial charge in [0, 0.05) is 18.1 Å². The van der Waals surface area contributed by atoms with Crippen molar-refractivity contribution in [2.45, 2.75) is 51.0 Å². The van der Waals surface area contributed by atoms with Crippen LogP contribution in [-0.2, 0) is 26.1 Å². The summed E-state index contributed by atoms with van der Waals surface area (Å²) in [6, 6.07) is 10.9. The third-order valence-electron chi connectivity index (χ3n) is 5.97. The van der Waals surface area contributed by atoms with E-state index in [0.29, 0.717) is 31.0 Å². The molecule has 2 aromatic rings. The Labute approximate surface area is 194 Å². The predicted molar refractivity (Wildman–Crippen MR) is 122 cm³/mol. The maximum Gasteiger partial charge on any atom is 0.308 e. The summed E-state index contributed by atoms with van der Waals surface area (Å²) in [5.74, 6) is -0.597. The van der Waals surface area contributed by atoms with E-state index in [4.69, 9.17) is 16.3 Å². The summed E-state index contributed by atoms with van der Waals surface area (Å²) in [4.78, 5) is 12.1. The Kier molecular flexibility index (Phi) is 8.31. The second kappa shape index (κ2) is 10.8. The molecule has 0 saturated heterocycles. The molecule has 1 saturated carbocycles. The Balaban J connectivity index is 1.80. The van der Waals surface area contributed by atoms with E-state index in [9.17, 15) is 17.6 Å². The molecule has 0 heterocycles. The van der Waals surface area contributed by atoms with Crippen molar-refractivity contribution in [3.05, 3.63) is 64.4 Å². The first-order chi connectivity index (χ1) is 15.2. The van der Waals surface area contributed by atoms with Crippen molar-refractivity contribution in [2.75, 3.05) is 13.2 Å². The number of rotatable bonds is 8. The van der Waals surface area contributed by atoms with E-state index in [0.717, 1.165) is 18.4 Å². The number of esters is 1. The van der Waals surface area contributed by atoms with Crippen LogP contribution in [0.25, 0.3) is 0 Å². The van der Waals surface area contributed by atoms with Crippen LogP contribution in [0.2, 0.25) is 5.02 Å². The first-order valence-electron chi connectivity index (χ1n) is 10.9. The molecule has 0 N–H and O–H groups in total. The van der Waals surface area contributed by atoms with Crippen LogP contribution >= 0.6 is 11.6 Å². The molecule has 0 bridgehead atoms. The molecule has 1 aliphatic rings. The summed E-state index contributed by atoms with van der Waals surface area (Å²) in [5, 5.41) is 0.578. The van der Waals surface area contributed by atoms with Crippen LogP contribution in [0, 0.1) is 24.6 Å². The largest absolute Gasteiger partial charge is 0.466 e. The molecule has 0 spiro atoms. The van der Waals surface area contributed by atoms with Gasteiger partial charge in [0.05, 0.1) is 17.4 Å². The van der Waals surface area contributed by atoms with Gasteiger partial charge in [-0.1, -0.05) is 23.7 Å². The first kappa shape index (κ1) is 24.7. The van der Waals surface area contributed by atoms with Crippen LogP contribution in [0.3, 0.4) is 0 Å². The highest BCUT2D eigenvalue weighted by atomic mass is 35.5. The van der Waals surface area contributed by atoms with Gasteiger partial charge in [0.2, 0.25) is 10.0 Å². The number of sulfonamides is 1. The summed E-state index contributed by atoms with van der Waals surface area (Å²) >= 11 is 5.98. The number of carbonyl (C=O) groups excluding carboxylic acids is 1. The van der Waals surface area contributed by atoms with Gasteiger partial charge in [-0.25, -0.2) is 12.8 Å². The fraction of sp³-hybridized carbons (Fsp3) is 0.458. The van der Waals surface area contributed by atoms with Gasteiger partial charge >= 0.3 is 5.97 Å². The van der Waals surface area contributed by atoms with Gasteiger partial charge in [-0.15, -0.1) is 0 Å². The topological polar surface area (TPSA) is 63.7 Å². The average molecular weight is 482 g/mol. The third-order valence-corrected chi connectivity index (χ3v) is 8.03. The van der Waals surface area contributed by atoms with Crippen LogP contribution in [0.5, 0.6) is 0 Å². The van der Waals surface area contributed by atoms with E-state index in [1.165, 1.54) is 22.5 Å². The summed E-state index contributed by atoms with van der Waals surface area (Å²) in [6.45, 7) is 4.22. The van der Waals surface area contributed by atoms with Crippen LogP contribution in [0.4, 0.5) is 4.39 Å². The standard InChI is InChI=1S/C24H29ClFNO4S/c1-3-31-24(28)20-8-4-18(5-9-20)15-27(16-19-6-10-21(25)11-7-19)32(29,30)22-12-13-23(26)17(2)14-22/h6-7,10-14,18,20H,3-5,8-9,15-16H2,1-2H3. The Morgan fingerprint density at radius 2 is 1.78 bits per heavy atom. The first-order valence-corrected chi connectivity index (χ1v) is 12.7. The van der Waals surface area contributed by atoms with Crippen molar-refractivity contribution in [1.82, 2.24) is 4.31 Å². The molecule has 0 unspecified atom stereocenters. The van der Waals surface area contributed by atoms with E-state index >= 15 is 0 Å². The number of benzene rings is 2. The number of ether oxygens (including phenoxy) is 1. The zero-order valence-electron chi connectivity index (χ0n) is 18.4. The zero-order valence-corrected chi connectivity index (χ0v) is 20.0. The van der Waals surface area contributed by atoms with Gasteiger partial charge in [-0.05, 0) is 86.9 Å². The number of nitrogens with zero attached hydrogens (tertiary/aromatic N) is 1. The molecule has 174 valence electrons. The molecular weight excluding hydrogens is 453 g/mol. The second-order valence-electron chi connectivity index (χ2n) is 8.30. The maximum atomic E-state index is 13.7. The predicted octanol–water partition coefficient (Wildman–Crippen LogP) is 5.35. The lowest BCUT2D eigenvalue weighted by molar-refractivity contribution is -0.149. The number of carbonyl (C=O) groups is 1. The number of hydrogen-bond acceptors (Lipinski definition) is 4. The van der Waals surface area contributed by atoms with Gasteiger partial charge in [0.15, 0.2) is 0 Å². The minimum atomic E-state index is -3.84. The molecule has 0 aliphatic heterocycles. The van der Waals surface area contributed by atoms with E-state index in [-0.39, 0.29) is 34.8 Å². The van der Waals surface area contributed by atoms with E-state index in [1.807, 2.05) is 0 Å². The Bertz CT molecular complexity index is 1030. The number of hydrogen-bond donors (Lipinski definition) is 0. The maximum absolute atomic E-state index is 13.7. The molecule has 2 aromatic carbocycles. The Hall–Kier alpha value is -1.96. The zero-order chi connectivity index (χ0) is 23.3. The lowest BCUT2D eigenvalue weighted by Crippen LogP contribution is -2.37. The summed E-state index contributed by atoms with van der Waals surface area (Å²) in [6.07, 6.45) is 2.87. The minimum Gasteiger partial charge on any atom is -0.466 e. The second-order valence-corrected chi connectivity index (χ2v) is 10.7. The molecule has 1 aliphatic carbocycles. The summed E-state index contributed by atoms with van der Waals surface area (Å²) in [5.41, 5.74) is 1.10. The minimum absolute atomic E-state index is 0.0746. The molecule has 32 heavy (non-hydrogen) atoms. The molecule has 0 atom stereocenters. The van der Waals surface area contributed by atoms with Crippen molar-refractivity contribution in [3.63, 3.8) is 0 Å². The molecular formula is C24H29ClFNO4S. The van der Waals surface area contributed by atoms with Gasteiger partial charge in [0.1, 0.15) is 5.82 Å². The summed E-state index contributed by atoms with van der Waals surface area (Å²) < 4.78 is 47.3. The fourth-order valence-corrected chi connectivity index (χ4v) is 5.81. The van der Waals surface area contributed by atoms with Crippen LogP contribution in [0.15, 0.2) is 47.4 Å². The van der Waals surface area contributed by atoms with E-state index in [2.05, 4.69) is 0 Å². The highest BCUT2D eigenvalue weighted by molar-refractivity contribution is 7.89. The number of aryl methyl sites for hydroxylation is 1. The lowest BCUT2D eigenvalue weighted by atomic mass is 9.82.